The fourth-order valence-corrected chi connectivity index (χ4v) is 4.08. The Morgan fingerprint density at radius 3 is 2.58 bits per heavy atom. The average molecular weight is 497 g/mol. The molecule has 14 nitrogen and oxygen atoms in total. The Kier molecular flexibility index (Phi) is 7.53. The van der Waals surface area contributed by atoms with E-state index < -0.39 is 51.7 Å². The van der Waals surface area contributed by atoms with Crippen LogP contribution in [-0.2, 0) is 34.3 Å². The second kappa shape index (κ2) is 9.54. The van der Waals surface area contributed by atoms with E-state index in [2.05, 4.69) is 25.6 Å². The van der Waals surface area contributed by atoms with Crippen molar-refractivity contribution in [2.45, 2.75) is 12.1 Å². The molecule has 1 aromatic heterocycles. The van der Waals surface area contributed by atoms with E-state index >= 15 is 0 Å². The smallest absolute Gasteiger partial charge is 0.363 e. The summed E-state index contributed by atoms with van der Waals surface area (Å²) in [6.45, 7) is 0. The van der Waals surface area contributed by atoms with E-state index in [1.54, 1.807) is 0 Å². The number of thiazole rings is 1. The maximum atomic E-state index is 12.7. The Hall–Kier alpha value is -2.82. The summed E-state index contributed by atoms with van der Waals surface area (Å²) in [6.07, 6.45) is 0. The molecule has 1 fully saturated rings. The number of β-lactam (4-membered cyclic amide) rings is 1. The molecule has 3 N–H and O–H groups in total. The predicted molar refractivity (Wildman–Crippen MR) is 108 cm³/mol. The van der Waals surface area contributed by atoms with Gasteiger partial charge in [-0.2, -0.15) is 12.7 Å². The molecule has 1 aliphatic rings. The summed E-state index contributed by atoms with van der Waals surface area (Å²) in [5, 5.41) is 9.57. The summed E-state index contributed by atoms with van der Waals surface area (Å²) < 4.78 is 32.1. The molecule has 1 aromatic rings. The standard InChI is InChI=1S/C14H17ClN6O8S2/c1-20(2)13(25)10-9(12(24)21(10)31(26,27)28)18-11(23)8(19-29-3)6-5-30-14(16-6)17-7(22)4-15/h5,9-10H,4H2,1-3H3,(H,18,23)(H,16,17,22)(H,26,27,28)/t9-,10-/m1/s1. The number of nitrogens with one attached hydrogen (secondary N) is 2. The van der Waals surface area contributed by atoms with Gasteiger partial charge in [0.25, 0.3) is 11.8 Å². The van der Waals surface area contributed by atoms with Crippen LogP contribution < -0.4 is 10.6 Å². The lowest BCUT2D eigenvalue weighted by molar-refractivity contribution is -0.155. The molecule has 0 aromatic carbocycles. The molecular formula is C14H17ClN6O8S2. The third kappa shape index (κ3) is 5.27. The van der Waals surface area contributed by atoms with Crippen molar-refractivity contribution in [3.05, 3.63) is 11.1 Å². The number of amides is 4. The first kappa shape index (κ1) is 24.4. The SMILES string of the molecule is CON=C(C(=O)N[C@H]1C(=O)N(S(=O)(=O)O)[C@H]1C(=O)N(C)C)c1csc(NC(=O)CCl)n1. The number of carbonyl (C=O) groups is 4. The van der Waals surface area contributed by atoms with Gasteiger partial charge in [0.15, 0.2) is 16.9 Å². The van der Waals surface area contributed by atoms with Gasteiger partial charge in [-0.05, 0) is 0 Å². The summed E-state index contributed by atoms with van der Waals surface area (Å²) in [5.41, 5.74) is -0.456. The Morgan fingerprint density at radius 2 is 2.06 bits per heavy atom. The molecule has 31 heavy (non-hydrogen) atoms. The van der Waals surface area contributed by atoms with E-state index in [1.165, 1.54) is 19.5 Å². The van der Waals surface area contributed by atoms with Crippen molar-refractivity contribution < 1.29 is 37.0 Å². The van der Waals surface area contributed by atoms with Crippen LogP contribution in [0.5, 0.6) is 0 Å². The van der Waals surface area contributed by atoms with Crippen LogP contribution >= 0.6 is 22.9 Å². The van der Waals surface area contributed by atoms with Gasteiger partial charge in [0.05, 0.1) is 0 Å². The number of hydrogen-bond donors (Lipinski definition) is 3. The van der Waals surface area contributed by atoms with Gasteiger partial charge in [0, 0.05) is 19.5 Å². The van der Waals surface area contributed by atoms with E-state index in [9.17, 15) is 32.1 Å². The van der Waals surface area contributed by atoms with Crippen LogP contribution in [0.15, 0.2) is 10.5 Å². The van der Waals surface area contributed by atoms with E-state index in [4.69, 9.17) is 11.6 Å². The van der Waals surface area contributed by atoms with Crippen molar-refractivity contribution in [2.75, 3.05) is 32.4 Å². The maximum Gasteiger partial charge on any atom is 0.363 e. The number of likely N-dealkylation sites (N-methyl/N-ethyl adjacent to an activating group) is 1. The predicted octanol–water partition coefficient (Wildman–Crippen LogP) is -1.74. The summed E-state index contributed by atoms with van der Waals surface area (Å²) in [6, 6.07) is -3.29. The van der Waals surface area contributed by atoms with Crippen LogP contribution in [0.2, 0.25) is 0 Å². The zero-order valence-corrected chi connectivity index (χ0v) is 18.6. The van der Waals surface area contributed by atoms with Crippen molar-refractivity contribution >= 4 is 67.7 Å². The van der Waals surface area contributed by atoms with E-state index in [-0.39, 0.29) is 21.0 Å². The van der Waals surface area contributed by atoms with Gasteiger partial charge >= 0.3 is 10.3 Å². The number of nitrogens with zero attached hydrogens (tertiary/aromatic N) is 4. The van der Waals surface area contributed by atoms with Gasteiger partial charge in [-0.25, -0.2) is 4.98 Å². The summed E-state index contributed by atoms with van der Waals surface area (Å²) >= 11 is 6.35. The van der Waals surface area contributed by atoms with Crippen LogP contribution in [0.4, 0.5) is 5.13 Å². The zero-order valence-electron chi connectivity index (χ0n) is 16.2. The summed E-state index contributed by atoms with van der Waals surface area (Å²) in [5.74, 6) is -3.95. The van der Waals surface area contributed by atoms with Crippen LogP contribution in [0.25, 0.3) is 0 Å². The van der Waals surface area contributed by atoms with Crippen molar-refractivity contribution in [2.24, 2.45) is 5.16 Å². The van der Waals surface area contributed by atoms with Crippen molar-refractivity contribution in [3.63, 3.8) is 0 Å². The number of halogens is 1. The minimum atomic E-state index is -5.04. The number of hydrogen-bond acceptors (Lipinski definition) is 10. The number of rotatable bonds is 8. The third-order valence-electron chi connectivity index (χ3n) is 3.79. The summed E-state index contributed by atoms with van der Waals surface area (Å²) in [7, 11) is -1.29. The molecule has 0 spiro atoms. The fraction of sp³-hybridized carbons (Fsp3) is 0.429. The number of aromatic nitrogens is 1. The Bertz CT molecular complexity index is 1040. The second-order valence-electron chi connectivity index (χ2n) is 6.08. The van der Waals surface area contributed by atoms with Crippen LogP contribution in [-0.4, -0.2) is 95.7 Å². The third-order valence-corrected chi connectivity index (χ3v) is 5.70. The molecule has 170 valence electrons. The lowest BCUT2D eigenvalue weighted by Gasteiger charge is -2.43. The molecule has 4 amide bonds. The molecule has 1 saturated heterocycles. The topological polar surface area (TPSA) is 188 Å². The number of oxime groups is 1. The van der Waals surface area contributed by atoms with Gasteiger partial charge in [-0.1, -0.05) is 5.16 Å². The first-order valence-electron chi connectivity index (χ1n) is 8.18. The van der Waals surface area contributed by atoms with E-state index in [1.807, 2.05) is 0 Å². The Morgan fingerprint density at radius 1 is 1.42 bits per heavy atom. The molecule has 0 bridgehead atoms. The van der Waals surface area contributed by atoms with Gasteiger partial charge < -0.3 is 20.4 Å². The fourth-order valence-electron chi connectivity index (χ4n) is 2.47. The second-order valence-corrected chi connectivity index (χ2v) is 8.50. The molecule has 2 rings (SSSR count). The summed E-state index contributed by atoms with van der Waals surface area (Å²) in [4.78, 5) is 58.2. The molecule has 0 saturated carbocycles. The highest BCUT2D eigenvalue weighted by atomic mass is 35.5. The normalized spacial score (nSPS) is 18.8. The van der Waals surface area contributed by atoms with E-state index in [0.29, 0.717) is 0 Å². The molecule has 2 heterocycles. The highest BCUT2D eigenvalue weighted by molar-refractivity contribution is 7.84. The van der Waals surface area contributed by atoms with Crippen molar-refractivity contribution in [3.8, 4) is 0 Å². The molecule has 2 atom stereocenters. The monoisotopic (exact) mass is 496 g/mol. The zero-order chi connectivity index (χ0) is 23.5. The van der Waals surface area contributed by atoms with Gasteiger partial charge in [0.1, 0.15) is 24.7 Å². The average Bonchev–Trinajstić information content (AvgIpc) is 3.13. The molecule has 0 radical (unpaired) electrons. The first-order valence-corrected chi connectivity index (χ1v) is 11.0. The molecule has 0 unspecified atom stereocenters. The lowest BCUT2D eigenvalue weighted by Crippen LogP contribution is -2.75. The molecule has 17 heteroatoms. The molecule has 1 aliphatic heterocycles. The quantitative estimate of drug-likeness (QED) is 0.123. The highest BCUT2D eigenvalue weighted by Crippen LogP contribution is 2.25. The lowest BCUT2D eigenvalue weighted by atomic mass is 9.97. The molecular weight excluding hydrogens is 480 g/mol. The molecule has 0 aliphatic carbocycles. The van der Waals surface area contributed by atoms with Gasteiger partial charge in [0.2, 0.25) is 11.8 Å². The largest absolute Gasteiger partial charge is 0.398 e. The Balaban J connectivity index is 2.27. The highest BCUT2D eigenvalue weighted by Gasteiger charge is 2.58. The minimum absolute atomic E-state index is 0.0317. The van der Waals surface area contributed by atoms with Crippen molar-refractivity contribution in [1.82, 2.24) is 19.5 Å². The van der Waals surface area contributed by atoms with Gasteiger partial charge in [-0.15, -0.1) is 22.9 Å². The number of alkyl halides is 1. The maximum absolute atomic E-state index is 12.7. The van der Waals surface area contributed by atoms with Crippen LogP contribution in [0, 0.1) is 0 Å². The number of carbonyl (C=O) groups excluding carboxylic acids is 4. The minimum Gasteiger partial charge on any atom is -0.398 e. The number of anilines is 1. The van der Waals surface area contributed by atoms with Crippen molar-refractivity contribution in [1.29, 1.82) is 0 Å². The van der Waals surface area contributed by atoms with E-state index in [0.717, 1.165) is 23.3 Å². The Labute approximate surface area is 185 Å². The van der Waals surface area contributed by atoms with Crippen LogP contribution in [0.1, 0.15) is 5.69 Å². The van der Waals surface area contributed by atoms with Crippen LogP contribution in [0.3, 0.4) is 0 Å². The first-order chi connectivity index (χ1) is 14.4. The van der Waals surface area contributed by atoms with Gasteiger partial charge in [-0.3, -0.25) is 23.7 Å².